The highest BCUT2D eigenvalue weighted by molar-refractivity contribution is 5.29. The molecule has 4 aliphatic carbocycles. The Morgan fingerprint density at radius 3 is 2.43 bits per heavy atom. The molecule has 3 saturated carbocycles. The van der Waals surface area contributed by atoms with Crippen LogP contribution in [0.2, 0.25) is 0 Å². The van der Waals surface area contributed by atoms with Crippen LogP contribution in [0.5, 0.6) is 5.75 Å². The standard InChI is InChI=1S/C34H52O/c1-23(2)8-7-9-25(4)30-16-17-31-29-15-12-26-22-28(35-27-13-10-24(3)11-14-27)18-20-33(26,5)32(29)19-21-34(30,31)6/h10-14,23,25,28-32H,7-9,15-22H2,1-6H3/t25-,28-,29+,30-,31-,32-,33-,34+/m1/s1. The van der Waals surface area contributed by atoms with Crippen LogP contribution in [0.3, 0.4) is 0 Å². The number of allylic oxidation sites excluding steroid dienone is 1. The number of hydrogen-bond acceptors (Lipinski definition) is 1. The molecule has 8 atom stereocenters. The average molecular weight is 477 g/mol. The Kier molecular flexibility index (Phi) is 7.19. The molecule has 0 bridgehead atoms. The normalized spacial score (nSPS) is 39.4. The van der Waals surface area contributed by atoms with E-state index in [0.29, 0.717) is 16.9 Å². The van der Waals surface area contributed by atoms with Gasteiger partial charge in [0, 0.05) is 6.42 Å². The molecule has 1 heteroatoms. The fourth-order valence-electron chi connectivity index (χ4n) is 9.56. The van der Waals surface area contributed by atoms with Gasteiger partial charge < -0.3 is 4.74 Å². The van der Waals surface area contributed by atoms with Crippen molar-refractivity contribution >= 4 is 0 Å². The quantitative estimate of drug-likeness (QED) is 0.356. The lowest BCUT2D eigenvalue weighted by Gasteiger charge is -2.58. The second kappa shape index (κ2) is 9.90. The third-order valence-electron chi connectivity index (χ3n) is 11.6. The Morgan fingerprint density at radius 2 is 1.69 bits per heavy atom. The van der Waals surface area contributed by atoms with E-state index in [1.54, 1.807) is 5.57 Å². The van der Waals surface area contributed by atoms with Crippen molar-refractivity contribution < 1.29 is 4.74 Å². The molecule has 1 aromatic carbocycles. The van der Waals surface area contributed by atoms with Crippen molar-refractivity contribution in [1.29, 1.82) is 0 Å². The average Bonchev–Trinajstić information content (AvgIpc) is 3.18. The van der Waals surface area contributed by atoms with Crippen molar-refractivity contribution in [2.24, 2.45) is 46.3 Å². The summed E-state index contributed by atoms with van der Waals surface area (Å²) in [6.45, 7) is 14.9. The smallest absolute Gasteiger partial charge is 0.119 e. The van der Waals surface area contributed by atoms with E-state index in [4.69, 9.17) is 4.74 Å². The molecule has 5 rings (SSSR count). The van der Waals surface area contributed by atoms with Gasteiger partial charge in [-0.05, 0) is 110 Å². The fraction of sp³-hybridized carbons (Fsp3) is 0.765. The summed E-state index contributed by atoms with van der Waals surface area (Å²) in [4.78, 5) is 0. The van der Waals surface area contributed by atoms with Gasteiger partial charge in [-0.15, -0.1) is 0 Å². The van der Waals surface area contributed by atoms with Crippen LogP contribution in [0.1, 0.15) is 111 Å². The summed E-state index contributed by atoms with van der Waals surface area (Å²) >= 11 is 0. The van der Waals surface area contributed by atoms with Crippen molar-refractivity contribution in [2.45, 2.75) is 118 Å². The first kappa shape index (κ1) is 25.4. The summed E-state index contributed by atoms with van der Waals surface area (Å²) in [7, 11) is 0. The van der Waals surface area contributed by atoms with Gasteiger partial charge in [-0.1, -0.05) is 83.2 Å². The van der Waals surface area contributed by atoms with E-state index in [1.165, 1.54) is 69.8 Å². The maximum absolute atomic E-state index is 6.47. The first-order chi connectivity index (χ1) is 16.7. The first-order valence-electron chi connectivity index (χ1n) is 15.1. The monoisotopic (exact) mass is 476 g/mol. The largest absolute Gasteiger partial charge is 0.490 e. The van der Waals surface area contributed by atoms with E-state index in [-0.39, 0.29) is 0 Å². The zero-order chi connectivity index (χ0) is 24.8. The molecule has 35 heavy (non-hydrogen) atoms. The van der Waals surface area contributed by atoms with Crippen LogP contribution in [0, 0.1) is 53.3 Å². The summed E-state index contributed by atoms with van der Waals surface area (Å²) in [5.41, 5.74) is 4.05. The van der Waals surface area contributed by atoms with Crippen molar-refractivity contribution in [2.75, 3.05) is 0 Å². The minimum Gasteiger partial charge on any atom is -0.490 e. The Balaban J connectivity index is 1.26. The Morgan fingerprint density at radius 1 is 0.914 bits per heavy atom. The molecular weight excluding hydrogens is 424 g/mol. The summed E-state index contributed by atoms with van der Waals surface area (Å²) in [6, 6.07) is 8.64. The number of fused-ring (bicyclic) bond motifs is 5. The van der Waals surface area contributed by atoms with Crippen LogP contribution in [0.25, 0.3) is 0 Å². The topological polar surface area (TPSA) is 9.23 Å². The predicted molar refractivity (Wildman–Crippen MR) is 149 cm³/mol. The summed E-state index contributed by atoms with van der Waals surface area (Å²) in [6.07, 6.45) is 18.3. The predicted octanol–water partition coefficient (Wildman–Crippen LogP) is 9.78. The molecule has 0 N–H and O–H groups in total. The minimum atomic E-state index is 0.352. The molecule has 0 unspecified atom stereocenters. The molecule has 3 fully saturated rings. The molecule has 0 aromatic heterocycles. The maximum Gasteiger partial charge on any atom is 0.119 e. The van der Waals surface area contributed by atoms with Crippen molar-refractivity contribution in [3.63, 3.8) is 0 Å². The third kappa shape index (κ3) is 4.75. The number of hydrogen-bond donors (Lipinski definition) is 0. The van der Waals surface area contributed by atoms with E-state index < -0.39 is 0 Å². The molecule has 4 aliphatic rings. The van der Waals surface area contributed by atoms with Gasteiger partial charge in [-0.3, -0.25) is 0 Å². The molecule has 0 amide bonds. The number of rotatable bonds is 7. The Hall–Kier alpha value is -1.24. The highest BCUT2D eigenvalue weighted by Crippen LogP contribution is 2.67. The van der Waals surface area contributed by atoms with E-state index in [9.17, 15) is 0 Å². The molecule has 194 valence electrons. The van der Waals surface area contributed by atoms with Crippen molar-refractivity contribution in [3.05, 3.63) is 41.5 Å². The fourth-order valence-corrected chi connectivity index (χ4v) is 9.56. The lowest BCUT2D eigenvalue weighted by molar-refractivity contribution is -0.0559. The van der Waals surface area contributed by atoms with Crippen molar-refractivity contribution in [1.82, 2.24) is 0 Å². The zero-order valence-electron chi connectivity index (χ0n) is 23.6. The van der Waals surface area contributed by atoms with Crippen LogP contribution < -0.4 is 4.74 Å². The second-order valence-electron chi connectivity index (χ2n) is 14.1. The number of aryl methyl sites for hydroxylation is 1. The minimum absolute atomic E-state index is 0.352. The van der Waals surface area contributed by atoms with Crippen LogP contribution in [0.4, 0.5) is 0 Å². The lowest BCUT2D eigenvalue weighted by atomic mass is 9.47. The van der Waals surface area contributed by atoms with Crippen LogP contribution in [-0.4, -0.2) is 6.10 Å². The molecule has 0 aliphatic heterocycles. The number of benzene rings is 1. The van der Waals surface area contributed by atoms with Gasteiger partial charge in [-0.2, -0.15) is 0 Å². The maximum atomic E-state index is 6.47. The Labute approximate surface area is 216 Å². The highest BCUT2D eigenvalue weighted by Gasteiger charge is 2.59. The molecule has 1 aromatic rings. The summed E-state index contributed by atoms with van der Waals surface area (Å²) in [5.74, 6) is 6.53. The molecule has 1 nitrogen and oxygen atoms in total. The van der Waals surface area contributed by atoms with E-state index in [1.807, 2.05) is 0 Å². The SMILES string of the molecule is Cc1ccc(O[C@@H]2CC[C@]3(C)C(=CC[C@H]4[C@H]5CC[C@H]([C@H](C)CCCC(C)C)[C@]5(C)CC[C@H]43)C2)cc1. The lowest BCUT2D eigenvalue weighted by Crippen LogP contribution is -2.51. The van der Waals surface area contributed by atoms with E-state index in [2.05, 4.69) is 71.9 Å². The Bertz CT molecular complexity index is 896. The molecular formula is C34H52O. The second-order valence-corrected chi connectivity index (χ2v) is 14.1. The van der Waals surface area contributed by atoms with Gasteiger partial charge in [0.15, 0.2) is 0 Å². The van der Waals surface area contributed by atoms with Gasteiger partial charge in [0.2, 0.25) is 0 Å². The van der Waals surface area contributed by atoms with Crippen LogP contribution in [0.15, 0.2) is 35.9 Å². The van der Waals surface area contributed by atoms with Crippen LogP contribution >= 0.6 is 0 Å². The molecule has 0 heterocycles. The molecule has 0 spiro atoms. The summed E-state index contributed by atoms with van der Waals surface area (Å²) in [5, 5.41) is 0. The first-order valence-corrected chi connectivity index (χ1v) is 15.1. The van der Waals surface area contributed by atoms with Gasteiger partial charge in [0.25, 0.3) is 0 Å². The van der Waals surface area contributed by atoms with E-state index >= 15 is 0 Å². The number of ether oxygens (including phenoxy) is 1. The molecule has 0 saturated heterocycles. The van der Waals surface area contributed by atoms with Gasteiger partial charge in [0.1, 0.15) is 11.9 Å². The van der Waals surface area contributed by atoms with Crippen molar-refractivity contribution in [3.8, 4) is 5.75 Å². The van der Waals surface area contributed by atoms with Crippen LogP contribution in [-0.2, 0) is 0 Å². The molecule has 0 radical (unpaired) electrons. The highest BCUT2D eigenvalue weighted by atomic mass is 16.5. The zero-order valence-corrected chi connectivity index (χ0v) is 23.6. The summed E-state index contributed by atoms with van der Waals surface area (Å²) < 4.78 is 6.47. The van der Waals surface area contributed by atoms with E-state index in [0.717, 1.165) is 47.7 Å². The third-order valence-corrected chi connectivity index (χ3v) is 11.6. The van der Waals surface area contributed by atoms with Gasteiger partial charge >= 0.3 is 0 Å². The van der Waals surface area contributed by atoms with Gasteiger partial charge in [-0.25, -0.2) is 0 Å². The van der Waals surface area contributed by atoms with Gasteiger partial charge in [0.05, 0.1) is 0 Å².